The zero-order valence-electron chi connectivity index (χ0n) is 11.6. The molecule has 0 spiro atoms. The Labute approximate surface area is 117 Å². The van der Waals surface area contributed by atoms with Crippen LogP contribution in [0.15, 0.2) is 6.33 Å². The summed E-state index contributed by atoms with van der Waals surface area (Å²) in [5.74, 6) is -0.761. The van der Waals surface area contributed by atoms with Gasteiger partial charge < -0.3 is 15.0 Å². The van der Waals surface area contributed by atoms with Gasteiger partial charge in [-0.3, -0.25) is 9.59 Å². The maximum Gasteiger partial charge on any atom is 0.306 e. The summed E-state index contributed by atoms with van der Waals surface area (Å²) in [5, 5.41) is 19.6. The molecule has 1 aromatic heterocycles. The number of carboxylic acid groups (broad SMARTS) is 1. The van der Waals surface area contributed by atoms with Gasteiger partial charge in [-0.15, -0.1) is 10.2 Å². The molecule has 20 heavy (non-hydrogen) atoms. The van der Waals surface area contributed by atoms with Gasteiger partial charge in [0.2, 0.25) is 5.91 Å². The van der Waals surface area contributed by atoms with Crippen LogP contribution < -0.4 is 5.32 Å². The zero-order chi connectivity index (χ0) is 14.5. The monoisotopic (exact) mass is 280 g/mol. The number of rotatable bonds is 5. The smallest absolute Gasteiger partial charge is 0.306 e. The lowest BCUT2D eigenvalue weighted by molar-refractivity contribution is -0.144. The van der Waals surface area contributed by atoms with Gasteiger partial charge in [0, 0.05) is 12.5 Å². The first-order valence-electron chi connectivity index (χ1n) is 6.99. The number of aromatic nitrogens is 3. The van der Waals surface area contributed by atoms with Crippen molar-refractivity contribution in [3.8, 4) is 0 Å². The van der Waals surface area contributed by atoms with E-state index in [2.05, 4.69) is 15.5 Å². The molecule has 0 bridgehead atoms. The summed E-state index contributed by atoms with van der Waals surface area (Å²) in [4.78, 5) is 23.1. The van der Waals surface area contributed by atoms with Gasteiger partial charge in [-0.2, -0.15) is 0 Å². The van der Waals surface area contributed by atoms with Crippen LogP contribution in [0.5, 0.6) is 0 Å². The highest BCUT2D eigenvalue weighted by Crippen LogP contribution is 2.29. The van der Waals surface area contributed by atoms with Crippen molar-refractivity contribution >= 4 is 11.9 Å². The van der Waals surface area contributed by atoms with Crippen molar-refractivity contribution in [2.45, 2.75) is 45.7 Å². The van der Waals surface area contributed by atoms with E-state index >= 15 is 0 Å². The number of nitrogens with one attached hydrogen (secondary N) is 1. The summed E-state index contributed by atoms with van der Waals surface area (Å²) < 4.78 is 1.86. The Morgan fingerprint density at radius 1 is 1.45 bits per heavy atom. The van der Waals surface area contributed by atoms with Crippen molar-refractivity contribution in [1.29, 1.82) is 0 Å². The van der Waals surface area contributed by atoms with Gasteiger partial charge in [0.15, 0.2) is 5.82 Å². The summed E-state index contributed by atoms with van der Waals surface area (Å²) in [5.41, 5.74) is 0. The van der Waals surface area contributed by atoms with Crippen LogP contribution >= 0.6 is 0 Å². The van der Waals surface area contributed by atoms with Gasteiger partial charge in [-0.1, -0.05) is 6.42 Å². The number of hydrogen-bond acceptors (Lipinski definition) is 4. The van der Waals surface area contributed by atoms with Crippen LogP contribution in [-0.4, -0.2) is 31.7 Å². The fourth-order valence-electron chi connectivity index (χ4n) is 2.64. The molecule has 7 nitrogen and oxygen atoms in total. The van der Waals surface area contributed by atoms with Crippen molar-refractivity contribution in [3.05, 3.63) is 12.2 Å². The first-order valence-corrected chi connectivity index (χ1v) is 6.99. The zero-order valence-corrected chi connectivity index (χ0v) is 11.6. The first-order chi connectivity index (χ1) is 9.61. The Hall–Kier alpha value is -1.92. The number of aryl methyl sites for hydroxylation is 1. The maximum atomic E-state index is 12.1. The fraction of sp³-hybridized carbons (Fsp3) is 0.692. The quantitative estimate of drug-likeness (QED) is 0.831. The Morgan fingerprint density at radius 2 is 2.20 bits per heavy atom. The third kappa shape index (κ3) is 3.34. The number of amides is 1. The minimum Gasteiger partial charge on any atom is -0.481 e. The van der Waals surface area contributed by atoms with E-state index in [4.69, 9.17) is 5.11 Å². The summed E-state index contributed by atoms with van der Waals surface area (Å²) in [6.07, 6.45) is 4.28. The number of carboxylic acids is 1. The molecule has 0 aromatic carbocycles. The second-order valence-electron chi connectivity index (χ2n) is 5.15. The lowest BCUT2D eigenvalue weighted by Crippen LogP contribution is -2.35. The van der Waals surface area contributed by atoms with E-state index in [1.165, 1.54) is 0 Å². The Morgan fingerprint density at radius 3 is 2.90 bits per heavy atom. The van der Waals surface area contributed by atoms with E-state index in [-0.39, 0.29) is 11.8 Å². The molecule has 2 atom stereocenters. The van der Waals surface area contributed by atoms with E-state index < -0.39 is 11.9 Å². The van der Waals surface area contributed by atoms with Crippen LogP contribution in [0.3, 0.4) is 0 Å². The van der Waals surface area contributed by atoms with Crippen LogP contribution in [0.2, 0.25) is 0 Å². The fourth-order valence-corrected chi connectivity index (χ4v) is 2.64. The van der Waals surface area contributed by atoms with Gasteiger partial charge in [-0.05, 0) is 26.2 Å². The predicted molar refractivity (Wildman–Crippen MR) is 70.6 cm³/mol. The van der Waals surface area contributed by atoms with Crippen molar-refractivity contribution in [2.24, 2.45) is 11.8 Å². The van der Waals surface area contributed by atoms with E-state index in [1.54, 1.807) is 6.33 Å². The molecular weight excluding hydrogens is 260 g/mol. The van der Waals surface area contributed by atoms with Crippen LogP contribution in [-0.2, 0) is 22.7 Å². The molecule has 1 heterocycles. The number of carbonyl (C=O) groups is 2. The standard InChI is InChI=1S/C13H20N4O3/c1-2-17-8-15-16-11(17)7-14-12(18)9-4-3-5-10(6-9)13(19)20/h8-10H,2-7H2,1H3,(H,14,18)(H,19,20). The number of carbonyl (C=O) groups excluding carboxylic acids is 1. The molecule has 0 radical (unpaired) electrons. The van der Waals surface area contributed by atoms with Gasteiger partial charge in [0.05, 0.1) is 12.5 Å². The molecule has 1 amide bonds. The minimum atomic E-state index is -0.798. The highest BCUT2D eigenvalue weighted by atomic mass is 16.4. The van der Waals surface area contributed by atoms with Crippen molar-refractivity contribution in [1.82, 2.24) is 20.1 Å². The molecule has 110 valence electrons. The first kappa shape index (κ1) is 14.5. The number of nitrogens with zero attached hydrogens (tertiary/aromatic N) is 3. The molecule has 1 aliphatic carbocycles. The molecule has 2 unspecified atom stereocenters. The largest absolute Gasteiger partial charge is 0.481 e. The molecule has 2 rings (SSSR count). The second kappa shape index (κ2) is 6.49. The molecule has 1 aliphatic rings. The summed E-state index contributed by atoms with van der Waals surface area (Å²) >= 11 is 0. The van der Waals surface area contributed by atoms with E-state index in [0.29, 0.717) is 25.2 Å². The van der Waals surface area contributed by atoms with E-state index in [0.717, 1.165) is 19.4 Å². The molecule has 1 saturated carbocycles. The molecule has 0 aliphatic heterocycles. The molecule has 1 aromatic rings. The lowest BCUT2D eigenvalue weighted by Gasteiger charge is -2.25. The van der Waals surface area contributed by atoms with Crippen LogP contribution in [0.25, 0.3) is 0 Å². The summed E-state index contributed by atoms with van der Waals surface area (Å²) in [6.45, 7) is 3.07. The van der Waals surface area contributed by atoms with Gasteiger partial charge >= 0.3 is 5.97 Å². The third-order valence-corrected chi connectivity index (χ3v) is 3.85. The summed E-state index contributed by atoms with van der Waals surface area (Å²) in [6, 6.07) is 0. The van der Waals surface area contributed by atoms with Crippen molar-refractivity contribution in [2.75, 3.05) is 0 Å². The number of hydrogen-bond donors (Lipinski definition) is 2. The highest BCUT2D eigenvalue weighted by molar-refractivity contribution is 5.80. The second-order valence-corrected chi connectivity index (χ2v) is 5.15. The SMILES string of the molecule is CCn1cnnc1CNC(=O)C1CCCC(C(=O)O)C1. The van der Waals surface area contributed by atoms with Gasteiger partial charge in [0.1, 0.15) is 6.33 Å². The number of aliphatic carboxylic acids is 1. The maximum absolute atomic E-state index is 12.1. The van der Waals surface area contributed by atoms with E-state index in [1.807, 2.05) is 11.5 Å². The minimum absolute atomic E-state index is 0.0818. The molecule has 2 N–H and O–H groups in total. The Bertz CT molecular complexity index is 486. The summed E-state index contributed by atoms with van der Waals surface area (Å²) in [7, 11) is 0. The topological polar surface area (TPSA) is 97.1 Å². The van der Waals surface area contributed by atoms with Crippen LogP contribution in [0.1, 0.15) is 38.4 Å². The van der Waals surface area contributed by atoms with Crippen LogP contribution in [0.4, 0.5) is 0 Å². The van der Waals surface area contributed by atoms with Crippen LogP contribution in [0, 0.1) is 11.8 Å². The molecule has 1 fully saturated rings. The van der Waals surface area contributed by atoms with Gasteiger partial charge in [-0.25, -0.2) is 0 Å². The molecule has 0 saturated heterocycles. The molecular formula is C13H20N4O3. The predicted octanol–water partition coefficient (Wildman–Crippen LogP) is 0.805. The molecule has 7 heteroatoms. The van der Waals surface area contributed by atoms with Crippen molar-refractivity contribution in [3.63, 3.8) is 0 Å². The van der Waals surface area contributed by atoms with Gasteiger partial charge in [0.25, 0.3) is 0 Å². The Balaban J connectivity index is 1.87. The lowest BCUT2D eigenvalue weighted by atomic mass is 9.81. The normalized spacial score (nSPS) is 22.4. The van der Waals surface area contributed by atoms with E-state index in [9.17, 15) is 9.59 Å². The third-order valence-electron chi connectivity index (χ3n) is 3.85. The van der Waals surface area contributed by atoms with Crippen molar-refractivity contribution < 1.29 is 14.7 Å². The Kier molecular flexibility index (Phi) is 4.70. The highest BCUT2D eigenvalue weighted by Gasteiger charge is 2.30. The average molecular weight is 280 g/mol. The average Bonchev–Trinajstić information content (AvgIpc) is 2.92.